The Labute approximate surface area is 127 Å². The minimum atomic E-state index is -0.115. The Morgan fingerprint density at radius 2 is 2.21 bits per heavy atom. The van der Waals surface area contributed by atoms with Gasteiger partial charge in [0.05, 0.1) is 25.3 Å². The topological polar surface area (TPSA) is 50.1 Å². The van der Waals surface area contributed by atoms with Gasteiger partial charge in [-0.25, -0.2) is 0 Å². The standard InChI is InChI=1S/C13H7BrClNO2S/c14-13-4-3-12(19-13)10(17)7-18-11-2-1-8(6-16)5-9(11)15/h1-5H,7H2. The summed E-state index contributed by atoms with van der Waals surface area (Å²) in [6.07, 6.45) is 0. The maximum atomic E-state index is 11.8. The van der Waals surface area contributed by atoms with Gasteiger partial charge in [-0.1, -0.05) is 11.6 Å². The average Bonchev–Trinajstić information content (AvgIpc) is 2.83. The van der Waals surface area contributed by atoms with Crippen LogP contribution in [0.25, 0.3) is 0 Å². The third kappa shape index (κ3) is 3.57. The van der Waals surface area contributed by atoms with Crippen molar-refractivity contribution in [2.75, 3.05) is 6.61 Å². The average molecular weight is 357 g/mol. The Balaban J connectivity index is 2.03. The predicted molar refractivity (Wildman–Crippen MR) is 78.0 cm³/mol. The van der Waals surface area contributed by atoms with Crippen LogP contribution >= 0.6 is 38.9 Å². The van der Waals surface area contributed by atoms with E-state index in [1.807, 2.05) is 12.1 Å². The van der Waals surface area contributed by atoms with E-state index in [-0.39, 0.29) is 12.4 Å². The van der Waals surface area contributed by atoms with Gasteiger partial charge >= 0.3 is 0 Å². The van der Waals surface area contributed by atoms with Crippen LogP contribution in [0.1, 0.15) is 15.2 Å². The van der Waals surface area contributed by atoms with E-state index >= 15 is 0 Å². The fourth-order valence-corrected chi connectivity index (χ4v) is 2.91. The molecule has 0 spiro atoms. The molecule has 2 rings (SSSR count). The number of ether oxygens (including phenoxy) is 1. The predicted octanol–water partition coefficient (Wildman–Crippen LogP) is 4.30. The molecule has 0 saturated carbocycles. The highest BCUT2D eigenvalue weighted by molar-refractivity contribution is 9.11. The van der Waals surface area contributed by atoms with Crippen LogP contribution in [0, 0.1) is 11.3 Å². The summed E-state index contributed by atoms with van der Waals surface area (Å²) in [4.78, 5) is 12.5. The largest absolute Gasteiger partial charge is 0.484 e. The number of hydrogen-bond donors (Lipinski definition) is 0. The summed E-state index contributed by atoms with van der Waals surface area (Å²) in [5.74, 6) is 0.278. The van der Waals surface area contributed by atoms with E-state index in [9.17, 15) is 4.79 Å². The first-order valence-corrected chi connectivity index (χ1v) is 7.20. The van der Waals surface area contributed by atoms with E-state index < -0.39 is 0 Å². The van der Waals surface area contributed by atoms with Crippen LogP contribution in [-0.2, 0) is 0 Å². The van der Waals surface area contributed by atoms with Crippen molar-refractivity contribution in [2.45, 2.75) is 0 Å². The van der Waals surface area contributed by atoms with Gasteiger partial charge < -0.3 is 4.74 Å². The summed E-state index contributed by atoms with van der Waals surface area (Å²) < 4.78 is 6.26. The fourth-order valence-electron chi connectivity index (χ4n) is 1.37. The van der Waals surface area contributed by atoms with E-state index in [4.69, 9.17) is 21.6 Å². The number of nitrogens with zero attached hydrogens (tertiary/aromatic N) is 1. The van der Waals surface area contributed by atoms with Crippen molar-refractivity contribution in [1.82, 2.24) is 0 Å². The third-order valence-electron chi connectivity index (χ3n) is 2.27. The molecular weight excluding hydrogens is 350 g/mol. The van der Waals surface area contributed by atoms with Gasteiger partial charge in [-0.15, -0.1) is 11.3 Å². The number of hydrogen-bond acceptors (Lipinski definition) is 4. The van der Waals surface area contributed by atoms with E-state index in [2.05, 4.69) is 15.9 Å². The van der Waals surface area contributed by atoms with Gasteiger partial charge in [-0.3, -0.25) is 4.79 Å². The van der Waals surface area contributed by atoms with Crippen molar-refractivity contribution >= 4 is 44.7 Å². The Hall–Kier alpha value is -1.35. The SMILES string of the molecule is N#Cc1ccc(OCC(=O)c2ccc(Br)s2)c(Cl)c1. The smallest absolute Gasteiger partial charge is 0.210 e. The Kier molecular flexibility index (Phi) is 4.59. The number of Topliss-reactive ketones (excluding diaryl/α,β-unsaturated/α-hetero) is 1. The van der Waals surface area contributed by atoms with Crippen LogP contribution in [0.15, 0.2) is 34.1 Å². The maximum absolute atomic E-state index is 11.8. The second kappa shape index (κ2) is 6.20. The van der Waals surface area contributed by atoms with E-state index in [0.717, 1.165) is 3.79 Å². The van der Waals surface area contributed by atoms with Crippen LogP contribution in [-0.4, -0.2) is 12.4 Å². The Bertz CT molecular complexity index is 663. The van der Waals surface area contributed by atoms with Crippen molar-refractivity contribution in [1.29, 1.82) is 5.26 Å². The highest BCUT2D eigenvalue weighted by Gasteiger charge is 2.11. The fraction of sp³-hybridized carbons (Fsp3) is 0.0769. The van der Waals surface area contributed by atoms with Gasteiger partial charge in [0.15, 0.2) is 6.61 Å². The minimum absolute atomic E-state index is 0.0847. The lowest BCUT2D eigenvalue weighted by Crippen LogP contribution is -2.10. The number of benzene rings is 1. The second-order valence-corrected chi connectivity index (χ2v) is 6.44. The van der Waals surface area contributed by atoms with Gasteiger partial charge in [0.2, 0.25) is 5.78 Å². The lowest BCUT2D eigenvalue weighted by molar-refractivity contribution is 0.0925. The number of halogens is 2. The number of nitriles is 1. The van der Waals surface area contributed by atoms with Crippen LogP contribution < -0.4 is 4.74 Å². The lowest BCUT2D eigenvalue weighted by Gasteiger charge is -2.06. The first kappa shape index (κ1) is 14.1. The number of carbonyl (C=O) groups is 1. The Morgan fingerprint density at radius 3 is 2.79 bits per heavy atom. The molecule has 19 heavy (non-hydrogen) atoms. The van der Waals surface area contributed by atoms with Crippen molar-refractivity contribution < 1.29 is 9.53 Å². The highest BCUT2D eigenvalue weighted by Crippen LogP contribution is 2.26. The van der Waals surface area contributed by atoms with Crippen LogP contribution in [0.3, 0.4) is 0 Å². The minimum Gasteiger partial charge on any atom is -0.484 e. The van der Waals surface area contributed by atoms with Crippen molar-refractivity contribution in [3.8, 4) is 11.8 Å². The van der Waals surface area contributed by atoms with Crippen molar-refractivity contribution in [3.05, 3.63) is 49.6 Å². The Morgan fingerprint density at radius 1 is 1.42 bits per heavy atom. The van der Waals surface area contributed by atoms with Gasteiger partial charge in [0, 0.05) is 0 Å². The second-order valence-electron chi connectivity index (χ2n) is 3.57. The molecule has 0 amide bonds. The summed E-state index contributed by atoms with van der Waals surface area (Å²) >= 11 is 10.6. The number of thiophene rings is 1. The molecular formula is C13H7BrClNO2S. The molecule has 1 aromatic heterocycles. The van der Waals surface area contributed by atoms with Crippen molar-refractivity contribution in [3.63, 3.8) is 0 Å². The van der Waals surface area contributed by atoms with Gasteiger partial charge in [0.25, 0.3) is 0 Å². The molecule has 2 aromatic rings. The molecule has 1 heterocycles. The monoisotopic (exact) mass is 355 g/mol. The molecule has 0 saturated heterocycles. The van der Waals surface area contributed by atoms with E-state index in [1.165, 1.54) is 17.4 Å². The lowest BCUT2D eigenvalue weighted by atomic mass is 10.2. The van der Waals surface area contributed by atoms with Gasteiger partial charge in [-0.05, 0) is 46.3 Å². The van der Waals surface area contributed by atoms with Crippen molar-refractivity contribution in [2.24, 2.45) is 0 Å². The third-order valence-corrected chi connectivity index (χ3v) is 4.23. The van der Waals surface area contributed by atoms with Crippen LogP contribution in [0.4, 0.5) is 0 Å². The molecule has 3 nitrogen and oxygen atoms in total. The molecule has 0 aliphatic carbocycles. The summed E-state index contributed by atoms with van der Waals surface area (Å²) in [7, 11) is 0. The zero-order valence-corrected chi connectivity index (χ0v) is 12.7. The van der Waals surface area contributed by atoms with Crippen LogP contribution in [0.2, 0.25) is 5.02 Å². The first-order valence-electron chi connectivity index (χ1n) is 5.21. The molecule has 0 unspecified atom stereocenters. The first-order chi connectivity index (χ1) is 9.10. The number of rotatable bonds is 4. The number of carbonyl (C=O) groups excluding carboxylic acids is 1. The van der Waals surface area contributed by atoms with Gasteiger partial charge in [-0.2, -0.15) is 5.26 Å². The quantitative estimate of drug-likeness (QED) is 0.768. The summed E-state index contributed by atoms with van der Waals surface area (Å²) in [5.41, 5.74) is 0.450. The molecule has 0 atom stereocenters. The zero-order chi connectivity index (χ0) is 13.8. The molecule has 0 N–H and O–H groups in total. The molecule has 0 radical (unpaired) electrons. The summed E-state index contributed by atoms with van der Waals surface area (Å²) in [6.45, 7) is -0.0847. The van der Waals surface area contributed by atoms with E-state index in [0.29, 0.717) is 21.2 Å². The molecule has 1 aromatic carbocycles. The van der Waals surface area contributed by atoms with Gasteiger partial charge in [0.1, 0.15) is 5.75 Å². The normalized spacial score (nSPS) is 9.95. The summed E-state index contributed by atoms with van der Waals surface area (Å²) in [6, 6.07) is 10.2. The molecule has 96 valence electrons. The molecule has 0 aliphatic heterocycles. The maximum Gasteiger partial charge on any atom is 0.210 e. The zero-order valence-electron chi connectivity index (χ0n) is 9.52. The van der Waals surface area contributed by atoms with E-state index in [1.54, 1.807) is 18.2 Å². The molecule has 0 aliphatic rings. The number of ketones is 1. The molecule has 0 fully saturated rings. The molecule has 0 bridgehead atoms. The highest BCUT2D eigenvalue weighted by atomic mass is 79.9. The molecule has 6 heteroatoms. The summed E-state index contributed by atoms with van der Waals surface area (Å²) in [5, 5.41) is 9.03. The van der Waals surface area contributed by atoms with Crippen LogP contribution in [0.5, 0.6) is 5.75 Å².